The Kier molecular flexibility index (Phi) is 4.01. The Morgan fingerprint density at radius 2 is 2.00 bits per heavy atom. The molecule has 108 valence electrons. The second-order valence-corrected chi connectivity index (χ2v) is 5.82. The summed E-state index contributed by atoms with van der Waals surface area (Å²) in [7, 11) is 0. The third kappa shape index (κ3) is 2.94. The molecule has 0 aliphatic carbocycles. The standard InChI is InChI=1S/C14H16ClNO4/c1-14(2)11(7-12(17)18)20-16(13(14)19)8-9-3-5-10(15)6-4-9/h3-6,11H,7-8H2,1-2H3,(H,17,18). The zero-order chi connectivity index (χ0) is 14.9. The molecule has 1 atom stereocenters. The van der Waals surface area contributed by atoms with E-state index in [2.05, 4.69) is 0 Å². The third-order valence-corrected chi connectivity index (χ3v) is 3.69. The van der Waals surface area contributed by atoms with Crippen molar-refractivity contribution < 1.29 is 19.5 Å². The number of hydrogen-bond acceptors (Lipinski definition) is 3. The molecule has 1 saturated heterocycles. The number of carboxylic acids is 1. The molecular weight excluding hydrogens is 282 g/mol. The highest BCUT2D eigenvalue weighted by Crippen LogP contribution is 2.36. The van der Waals surface area contributed by atoms with Crippen LogP contribution in [0, 0.1) is 5.41 Å². The van der Waals surface area contributed by atoms with Crippen molar-refractivity contribution in [2.45, 2.75) is 32.9 Å². The quantitative estimate of drug-likeness (QED) is 0.927. The first-order valence-electron chi connectivity index (χ1n) is 6.25. The normalized spacial score (nSPS) is 21.2. The highest BCUT2D eigenvalue weighted by molar-refractivity contribution is 6.30. The highest BCUT2D eigenvalue weighted by atomic mass is 35.5. The van der Waals surface area contributed by atoms with Crippen LogP contribution in [0.2, 0.25) is 5.02 Å². The van der Waals surface area contributed by atoms with E-state index in [0.29, 0.717) is 5.02 Å². The van der Waals surface area contributed by atoms with Crippen LogP contribution in [0.1, 0.15) is 25.8 Å². The van der Waals surface area contributed by atoms with Crippen LogP contribution < -0.4 is 0 Å². The van der Waals surface area contributed by atoms with Gasteiger partial charge in [0.15, 0.2) is 0 Å². The van der Waals surface area contributed by atoms with Gasteiger partial charge in [0, 0.05) is 5.02 Å². The average Bonchev–Trinajstić information content (AvgIpc) is 2.56. The molecule has 1 aromatic rings. The number of rotatable bonds is 4. The molecule has 1 unspecified atom stereocenters. The van der Waals surface area contributed by atoms with E-state index in [4.69, 9.17) is 21.5 Å². The Morgan fingerprint density at radius 3 is 2.55 bits per heavy atom. The lowest BCUT2D eigenvalue weighted by Gasteiger charge is -2.18. The predicted molar refractivity (Wildman–Crippen MR) is 72.9 cm³/mol. The summed E-state index contributed by atoms with van der Waals surface area (Å²) in [5.41, 5.74) is 0.0275. The summed E-state index contributed by atoms with van der Waals surface area (Å²) in [5, 5.41) is 10.7. The van der Waals surface area contributed by atoms with Gasteiger partial charge >= 0.3 is 5.97 Å². The van der Waals surface area contributed by atoms with E-state index in [0.717, 1.165) is 5.56 Å². The van der Waals surface area contributed by atoms with Crippen molar-refractivity contribution in [2.24, 2.45) is 5.41 Å². The fourth-order valence-electron chi connectivity index (χ4n) is 2.11. The maximum Gasteiger partial charge on any atom is 0.306 e. The van der Waals surface area contributed by atoms with Crippen LogP contribution in [0.15, 0.2) is 24.3 Å². The van der Waals surface area contributed by atoms with Gasteiger partial charge in [-0.15, -0.1) is 0 Å². The Bertz CT molecular complexity index is 526. The minimum Gasteiger partial charge on any atom is -0.481 e. The topological polar surface area (TPSA) is 66.8 Å². The number of hydrogen-bond donors (Lipinski definition) is 1. The van der Waals surface area contributed by atoms with Gasteiger partial charge in [0.05, 0.1) is 18.4 Å². The van der Waals surface area contributed by atoms with E-state index in [-0.39, 0.29) is 18.9 Å². The molecule has 1 aliphatic rings. The van der Waals surface area contributed by atoms with Crippen molar-refractivity contribution in [1.82, 2.24) is 5.06 Å². The Balaban J connectivity index is 2.12. The summed E-state index contributed by atoms with van der Waals surface area (Å²) in [6.07, 6.45) is -0.852. The zero-order valence-corrected chi connectivity index (χ0v) is 12.1. The molecule has 1 amide bonds. The van der Waals surface area contributed by atoms with E-state index in [1.165, 1.54) is 5.06 Å². The highest BCUT2D eigenvalue weighted by Gasteiger charge is 2.49. The molecule has 1 aromatic carbocycles. The predicted octanol–water partition coefficient (Wildman–Crippen LogP) is 2.48. The van der Waals surface area contributed by atoms with E-state index in [9.17, 15) is 9.59 Å². The number of carbonyl (C=O) groups is 2. The van der Waals surface area contributed by atoms with Gasteiger partial charge in [-0.05, 0) is 31.5 Å². The van der Waals surface area contributed by atoms with Gasteiger partial charge in [0.1, 0.15) is 6.10 Å². The summed E-state index contributed by atoms with van der Waals surface area (Å²) in [5.74, 6) is -1.19. The second kappa shape index (κ2) is 5.42. The van der Waals surface area contributed by atoms with Crippen molar-refractivity contribution in [1.29, 1.82) is 0 Å². The number of amides is 1. The van der Waals surface area contributed by atoms with Crippen LogP contribution in [0.4, 0.5) is 0 Å². The molecule has 2 rings (SSSR count). The number of aliphatic carboxylic acids is 1. The number of carbonyl (C=O) groups excluding carboxylic acids is 1. The molecule has 1 aliphatic heterocycles. The van der Waals surface area contributed by atoms with Gasteiger partial charge in [-0.3, -0.25) is 14.4 Å². The molecule has 0 radical (unpaired) electrons. The molecule has 0 saturated carbocycles. The fraction of sp³-hybridized carbons (Fsp3) is 0.429. The third-order valence-electron chi connectivity index (χ3n) is 3.44. The van der Waals surface area contributed by atoms with Gasteiger partial charge in [-0.1, -0.05) is 23.7 Å². The summed E-state index contributed by atoms with van der Waals surface area (Å²) < 4.78 is 0. The molecule has 0 spiro atoms. The van der Waals surface area contributed by atoms with Crippen molar-refractivity contribution in [3.63, 3.8) is 0 Å². The number of halogens is 1. The molecule has 5 nitrogen and oxygen atoms in total. The number of benzene rings is 1. The first-order valence-corrected chi connectivity index (χ1v) is 6.63. The van der Waals surface area contributed by atoms with Gasteiger partial charge in [-0.2, -0.15) is 0 Å². The second-order valence-electron chi connectivity index (χ2n) is 5.38. The maximum atomic E-state index is 12.3. The summed E-state index contributed by atoms with van der Waals surface area (Å²) in [4.78, 5) is 28.6. The Hall–Kier alpha value is -1.59. The molecule has 1 N–H and O–H groups in total. The van der Waals surface area contributed by atoms with Crippen molar-refractivity contribution in [3.05, 3.63) is 34.9 Å². The van der Waals surface area contributed by atoms with Gasteiger partial charge in [0.25, 0.3) is 5.91 Å². The van der Waals surface area contributed by atoms with Crippen LogP contribution in [-0.4, -0.2) is 28.2 Å². The smallest absolute Gasteiger partial charge is 0.306 e. The summed E-state index contributed by atoms with van der Waals surface area (Å²) >= 11 is 5.81. The van der Waals surface area contributed by atoms with E-state index < -0.39 is 17.5 Å². The van der Waals surface area contributed by atoms with Gasteiger partial charge in [-0.25, -0.2) is 5.06 Å². The lowest BCUT2D eigenvalue weighted by molar-refractivity contribution is -0.180. The fourth-order valence-corrected chi connectivity index (χ4v) is 2.23. The first-order chi connectivity index (χ1) is 9.30. The minimum atomic E-state index is -0.982. The maximum absolute atomic E-state index is 12.3. The van der Waals surface area contributed by atoms with Crippen molar-refractivity contribution in [3.8, 4) is 0 Å². The molecule has 6 heteroatoms. The molecule has 0 aromatic heterocycles. The SMILES string of the molecule is CC1(C)C(=O)N(Cc2ccc(Cl)cc2)OC1CC(=O)O. The van der Waals surface area contributed by atoms with Crippen LogP contribution in [0.3, 0.4) is 0 Å². The molecule has 0 bridgehead atoms. The number of carboxylic acid groups (broad SMARTS) is 1. The molecule has 1 heterocycles. The first kappa shape index (κ1) is 14.8. The van der Waals surface area contributed by atoms with Crippen LogP contribution in [0.25, 0.3) is 0 Å². The monoisotopic (exact) mass is 297 g/mol. The lowest BCUT2D eigenvalue weighted by atomic mass is 9.85. The van der Waals surface area contributed by atoms with Crippen molar-refractivity contribution >= 4 is 23.5 Å². The van der Waals surface area contributed by atoms with Crippen LogP contribution in [0.5, 0.6) is 0 Å². The number of nitrogens with zero attached hydrogens (tertiary/aromatic N) is 1. The van der Waals surface area contributed by atoms with E-state index in [1.54, 1.807) is 38.1 Å². The Morgan fingerprint density at radius 1 is 1.40 bits per heavy atom. The zero-order valence-electron chi connectivity index (χ0n) is 11.3. The van der Waals surface area contributed by atoms with Gasteiger partial charge in [0.2, 0.25) is 0 Å². The van der Waals surface area contributed by atoms with E-state index in [1.807, 2.05) is 0 Å². The summed E-state index contributed by atoms with van der Waals surface area (Å²) in [6, 6.07) is 7.07. The van der Waals surface area contributed by atoms with Gasteiger partial charge < -0.3 is 5.11 Å². The van der Waals surface area contributed by atoms with Crippen molar-refractivity contribution in [2.75, 3.05) is 0 Å². The van der Waals surface area contributed by atoms with Crippen LogP contribution in [-0.2, 0) is 21.0 Å². The number of hydroxylamine groups is 2. The summed E-state index contributed by atoms with van der Waals surface area (Å²) in [6.45, 7) is 3.67. The average molecular weight is 298 g/mol. The largest absolute Gasteiger partial charge is 0.481 e. The molecular formula is C14H16ClNO4. The minimum absolute atomic E-state index is 0.199. The Labute approximate surface area is 122 Å². The molecule has 1 fully saturated rings. The van der Waals surface area contributed by atoms with Crippen LogP contribution >= 0.6 is 11.6 Å². The molecule has 20 heavy (non-hydrogen) atoms. The van der Waals surface area contributed by atoms with E-state index >= 15 is 0 Å². The lowest BCUT2D eigenvalue weighted by Crippen LogP contribution is -2.33.